The van der Waals surface area contributed by atoms with Gasteiger partial charge in [-0.25, -0.2) is 0 Å². The fourth-order valence-electron chi connectivity index (χ4n) is 2.99. The third kappa shape index (κ3) is 2.53. The highest BCUT2D eigenvalue weighted by Crippen LogP contribution is 2.41. The Bertz CT molecular complexity index is 420. The lowest BCUT2D eigenvalue weighted by atomic mass is 9.67. The second kappa shape index (κ2) is 5.79. The Morgan fingerprint density at radius 3 is 2.72 bits per heavy atom. The average molecular weight is 288 g/mol. The standard InChI is InChI=1S/C14H19Cl2NO/c1-17-9-14(7-3-2-4-13(14)18)10-5-6-11(15)12(16)8-10/h5-6,8,13,17-18H,2-4,7,9H2,1H3/t13-,14-/m1/s1. The quantitative estimate of drug-likeness (QED) is 0.893. The van der Waals surface area contributed by atoms with Crippen LogP contribution in [0, 0.1) is 0 Å². The molecule has 0 aromatic heterocycles. The molecule has 1 aliphatic rings. The van der Waals surface area contributed by atoms with Crippen molar-refractivity contribution in [2.75, 3.05) is 13.6 Å². The van der Waals surface area contributed by atoms with E-state index in [0.717, 1.165) is 37.8 Å². The summed E-state index contributed by atoms with van der Waals surface area (Å²) in [5, 5.41) is 14.8. The molecule has 0 spiro atoms. The Balaban J connectivity index is 2.42. The van der Waals surface area contributed by atoms with Crippen molar-refractivity contribution in [3.8, 4) is 0 Å². The van der Waals surface area contributed by atoms with Crippen LogP contribution in [0.1, 0.15) is 31.2 Å². The number of rotatable bonds is 3. The molecule has 0 radical (unpaired) electrons. The molecule has 1 aromatic rings. The minimum absolute atomic E-state index is 0.235. The van der Waals surface area contributed by atoms with E-state index in [2.05, 4.69) is 5.32 Å². The van der Waals surface area contributed by atoms with Crippen molar-refractivity contribution in [3.05, 3.63) is 33.8 Å². The van der Waals surface area contributed by atoms with Gasteiger partial charge >= 0.3 is 0 Å². The Morgan fingerprint density at radius 1 is 1.33 bits per heavy atom. The molecule has 2 rings (SSSR count). The van der Waals surface area contributed by atoms with Gasteiger partial charge in [0.1, 0.15) is 0 Å². The van der Waals surface area contributed by atoms with Crippen molar-refractivity contribution < 1.29 is 5.11 Å². The number of hydrogen-bond acceptors (Lipinski definition) is 2. The molecule has 2 N–H and O–H groups in total. The maximum atomic E-state index is 10.4. The lowest BCUT2D eigenvalue weighted by molar-refractivity contribution is 0.0424. The van der Waals surface area contributed by atoms with E-state index in [-0.39, 0.29) is 11.5 Å². The van der Waals surface area contributed by atoms with Crippen molar-refractivity contribution in [3.63, 3.8) is 0 Å². The molecule has 18 heavy (non-hydrogen) atoms. The molecule has 2 nitrogen and oxygen atoms in total. The third-order valence-electron chi connectivity index (χ3n) is 3.98. The number of aliphatic hydroxyl groups is 1. The molecule has 0 aliphatic heterocycles. The number of nitrogens with one attached hydrogen (secondary N) is 1. The van der Waals surface area contributed by atoms with Crippen LogP contribution in [-0.4, -0.2) is 24.8 Å². The van der Waals surface area contributed by atoms with Gasteiger partial charge in [-0.1, -0.05) is 42.1 Å². The molecule has 0 bridgehead atoms. The fourth-order valence-corrected chi connectivity index (χ4v) is 3.29. The monoisotopic (exact) mass is 287 g/mol. The lowest BCUT2D eigenvalue weighted by Crippen LogP contribution is -2.48. The summed E-state index contributed by atoms with van der Waals surface area (Å²) < 4.78 is 0. The summed E-state index contributed by atoms with van der Waals surface area (Å²) in [6, 6.07) is 5.70. The van der Waals surface area contributed by atoms with E-state index in [4.69, 9.17) is 23.2 Å². The highest BCUT2D eigenvalue weighted by molar-refractivity contribution is 6.42. The Kier molecular flexibility index (Phi) is 4.54. The smallest absolute Gasteiger partial charge is 0.0649 e. The fraction of sp³-hybridized carbons (Fsp3) is 0.571. The predicted molar refractivity (Wildman–Crippen MR) is 76.5 cm³/mol. The summed E-state index contributed by atoms with van der Waals surface area (Å²) in [5.74, 6) is 0. The molecule has 0 unspecified atom stereocenters. The third-order valence-corrected chi connectivity index (χ3v) is 4.71. The van der Waals surface area contributed by atoms with Crippen LogP contribution in [-0.2, 0) is 5.41 Å². The van der Waals surface area contributed by atoms with E-state index < -0.39 is 0 Å². The van der Waals surface area contributed by atoms with Crippen LogP contribution in [0.15, 0.2) is 18.2 Å². The highest BCUT2D eigenvalue weighted by Gasteiger charge is 2.41. The molecule has 0 saturated heterocycles. The van der Waals surface area contributed by atoms with Crippen molar-refractivity contribution in [1.29, 1.82) is 0 Å². The molecular formula is C14H19Cl2NO. The second-order valence-corrected chi connectivity index (χ2v) is 5.89. The van der Waals surface area contributed by atoms with Crippen LogP contribution in [0.5, 0.6) is 0 Å². The Labute approximate surface area is 118 Å². The summed E-state index contributed by atoms with van der Waals surface area (Å²) >= 11 is 12.1. The van der Waals surface area contributed by atoms with Crippen LogP contribution in [0.2, 0.25) is 10.0 Å². The van der Waals surface area contributed by atoms with E-state index in [1.165, 1.54) is 0 Å². The maximum absolute atomic E-state index is 10.4. The first-order chi connectivity index (χ1) is 8.60. The topological polar surface area (TPSA) is 32.3 Å². The molecular weight excluding hydrogens is 269 g/mol. The van der Waals surface area contributed by atoms with E-state index in [1.54, 1.807) is 0 Å². The summed E-state index contributed by atoms with van der Waals surface area (Å²) in [7, 11) is 1.92. The van der Waals surface area contributed by atoms with Crippen LogP contribution in [0.4, 0.5) is 0 Å². The zero-order valence-corrected chi connectivity index (χ0v) is 12.1. The van der Waals surface area contributed by atoms with Crippen LogP contribution >= 0.6 is 23.2 Å². The Morgan fingerprint density at radius 2 is 2.11 bits per heavy atom. The van der Waals surface area contributed by atoms with E-state index in [0.29, 0.717) is 10.0 Å². The summed E-state index contributed by atoms with van der Waals surface area (Å²) in [6.07, 6.45) is 3.73. The number of likely N-dealkylation sites (N-methyl/N-ethyl adjacent to an activating group) is 1. The van der Waals surface area contributed by atoms with Crippen LogP contribution in [0.3, 0.4) is 0 Å². The van der Waals surface area contributed by atoms with Gasteiger partial charge in [0.2, 0.25) is 0 Å². The number of halogens is 2. The van der Waals surface area contributed by atoms with Gasteiger partial charge in [0.25, 0.3) is 0 Å². The van der Waals surface area contributed by atoms with Gasteiger partial charge in [0, 0.05) is 12.0 Å². The minimum atomic E-state index is -0.323. The van der Waals surface area contributed by atoms with Gasteiger partial charge in [0.05, 0.1) is 16.1 Å². The molecule has 2 atom stereocenters. The van der Waals surface area contributed by atoms with E-state index in [1.807, 2.05) is 25.2 Å². The van der Waals surface area contributed by atoms with E-state index >= 15 is 0 Å². The van der Waals surface area contributed by atoms with Gasteiger partial charge < -0.3 is 10.4 Å². The molecule has 0 heterocycles. The second-order valence-electron chi connectivity index (χ2n) is 5.08. The number of benzene rings is 1. The minimum Gasteiger partial charge on any atom is -0.392 e. The first kappa shape index (κ1) is 14.1. The molecule has 4 heteroatoms. The largest absolute Gasteiger partial charge is 0.392 e. The van der Waals surface area contributed by atoms with Gasteiger partial charge in [-0.2, -0.15) is 0 Å². The highest BCUT2D eigenvalue weighted by atomic mass is 35.5. The van der Waals surface area contributed by atoms with Crippen LogP contribution in [0.25, 0.3) is 0 Å². The van der Waals surface area contributed by atoms with Gasteiger partial charge in [0.15, 0.2) is 0 Å². The number of aliphatic hydroxyl groups excluding tert-OH is 1. The summed E-state index contributed by atoms with van der Waals surface area (Å²) in [4.78, 5) is 0. The molecule has 1 aliphatic carbocycles. The first-order valence-electron chi connectivity index (χ1n) is 6.38. The predicted octanol–water partition coefficient (Wildman–Crippen LogP) is 3.39. The molecule has 1 fully saturated rings. The SMILES string of the molecule is CNC[C@@]1(c2ccc(Cl)c(Cl)c2)CCCC[C@H]1O. The summed E-state index contributed by atoms with van der Waals surface area (Å²) in [6.45, 7) is 0.756. The normalized spacial score (nSPS) is 28.3. The molecule has 0 amide bonds. The van der Waals surface area contributed by atoms with Gasteiger partial charge in [-0.05, 0) is 37.6 Å². The van der Waals surface area contributed by atoms with E-state index in [9.17, 15) is 5.11 Å². The first-order valence-corrected chi connectivity index (χ1v) is 7.14. The lowest BCUT2D eigenvalue weighted by Gasteiger charge is -2.42. The maximum Gasteiger partial charge on any atom is 0.0649 e. The van der Waals surface area contributed by atoms with Crippen molar-refractivity contribution in [2.45, 2.75) is 37.2 Å². The zero-order valence-electron chi connectivity index (χ0n) is 10.5. The van der Waals surface area contributed by atoms with Gasteiger partial charge in [-0.15, -0.1) is 0 Å². The molecule has 1 aromatic carbocycles. The average Bonchev–Trinajstić information content (AvgIpc) is 2.36. The van der Waals surface area contributed by atoms with Crippen molar-refractivity contribution in [2.24, 2.45) is 0 Å². The van der Waals surface area contributed by atoms with Crippen molar-refractivity contribution >= 4 is 23.2 Å². The molecule has 100 valence electrons. The molecule has 1 saturated carbocycles. The van der Waals surface area contributed by atoms with Gasteiger partial charge in [-0.3, -0.25) is 0 Å². The summed E-state index contributed by atoms with van der Waals surface area (Å²) in [5.41, 5.74) is 0.847. The van der Waals surface area contributed by atoms with Crippen LogP contribution < -0.4 is 5.32 Å². The zero-order chi connectivity index (χ0) is 13.2. The Hall–Kier alpha value is -0.280. The van der Waals surface area contributed by atoms with Crippen molar-refractivity contribution in [1.82, 2.24) is 5.32 Å². The number of hydrogen-bond donors (Lipinski definition) is 2.